The minimum absolute atomic E-state index is 0.0678. The van der Waals surface area contributed by atoms with Crippen molar-refractivity contribution < 1.29 is 9.26 Å². The molecule has 9 heteroatoms. The van der Waals surface area contributed by atoms with Gasteiger partial charge in [-0.25, -0.2) is 0 Å². The second kappa shape index (κ2) is 7.43. The monoisotopic (exact) mass is 346 g/mol. The molecule has 126 valence electrons. The number of hydrogen-bond donors (Lipinski definition) is 0. The molecule has 0 aliphatic carbocycles. The molecule has 0 aliphatic rings. The normalized spacial score (nSPS) is 12.3. The summed E-state index contributed by atoms with van der Waals surface area (Å²) in [7, 11) is 0. The Bertz CT molecular complexity index is 803. The van der Waals surface area contributed by atoms with E-state index in [2.05, 4.69) is 25.7 Å². The molecule has 0 aliphatic heterocycles. The van der Waals surface area contributed by atoms with E-state index < -0.39 is 0 Å². The van der Waals surface area contributed by atoms with Crippen LogP contribution in [0.5, 0.6) is 5.75 Å². The zero-order valence-corrected chi connectivity index (χ0v) is 14.5. The molecule has 3 rings (SSSR count). The summed E-state index contributed by atoms with van der Waals surface area (Å²) >= 11 is 1.45. The summed E-state index contributed by atoms with van der Waals surface area (Å²) in [6.07, 6.45) is 0.736. The average molecular weight is 346 g/mol. The van der Waals surface area contributed by atoms with Crippen molar-refractivity contribution in [2.75, 3.05) is 6.61 Å². The summed E-state index contributed by atoms with van der Waals surface area (Å²) in [5.74, 6) is 1.98. The first-order chi connectivity index (χ1) is 11.7. The molecule has 0 spiro atoms. The Hall–Kier alpha value is -2.42. The molecule has 0 amide bonds. The van der Waals surface area contributed by atoms with Gasteiger partial charge >= 0.3 is 0 Å². The number of tetrazole rings is 1. The van der Waals surface area contributed by atoms with Gasteiger partial charge in [-0.1, -0.05) is 36.0 Å². The third kappa shape index (κ3) is 3.40. The quantitative estimate of drug-likeness (QED) is 0.603. The average Bonchev–Trinajstić information content (AvgIpc) is 3.25. The van der Waals surface area contributed by atoms with E-state index in [4.69, 9.17) is 9.26 Å². The molecule has 1 atom stereocenters. The van der Waals surface area contributed by atoms with Gasteiger partial charge in [0.05, 0.1) is 11.9 Å². The number of hydrogen-bond acceptors (Lipinski definition) is 8. The molecule has 8 nitrogen and oxygen atoms in total. The minimum atomic E-state index is -0.0678. The van der Waals surface area contributed by atoms with Gasteiger partial charge in [-0.3, -0.25) is 0 Å². The smallest absolute Gasteiger partial charge is 0.239 e. The Balaban J connectivity index is 1.85. The van der Waals surface area contributed by atoms with Crippen molar-refractivity contribution in [3.8, 4) is 11.4 Å². The zero-order chi connectivity index (χ0) is 16.9. The standard InChI is InChI=1S/C15H18N6O2S/c1-4-13-16-14(23-18-13)10(3)24-15-17-19-20-21(15)11-8-6-7-9-12(11)22-5-2/h6-10H,4-5H2,1-3H3. The van der Waals surface area contributed by atoms with E-state index in [0.29, 0.717) is 23.5 Å². The van der Waals surface area contributed by atoms with Crippen molar-refractivity contribution >= 4 is 11.8 Å². The SMILES string of the molecule is CCOc1ccccc1-n1nnnc1SC(C)c1nc(CC)no1. The Morgan fingerprint density at radius 3 is 2.88 bits per heavy atom. The van der Waals surface area contributed by atoms with E-state index in [1.165, 1.54) is 11.8 Å². The molecule has 24 heavy (non-hydrogen) atoms. The van der Waals surface area contributed by atoms with Crippen LogP contribution >= 0.6 is 11.8 Å². The van der Waals surface area contributed by atoms with Crippen molar-refractivity contribution in [2.45, 2.75) is 37.6 Å². The van der Waals surface area contributed by atoms with E-state index >= 15 is 0 Å². The lowest BCUT2D eigenvalue weighted by atomic mass is 10.3. The molecule has 1 unspecified atom stereocenters. The Labute approximate surface area is 143 Å². The fourth-order valence-corrected chi connectivity index (χ4v) is 2.93. The second-order valence-electron chi connectivity index (χ2n) is 4.94. The highest BCUT2D eigenvalue weighted by atomic mass is 32.2. The summed E-state index contributed by atoms with van der Waals surface area (Å²) < 4.78 is 12.6. The van der Waals surface area contributed by atoms with E-state index in [0.717, 1.165) is 17.9 Å². The van der Waals surface area contributed by atoms with Gasteiger partial charge in [0, 0.05) is 6.42 Å². The van der Waals surface area contributed by atoms with Crippen LogP contribution in [0.2, 0.25) is 0 Å². The van der Waals surface area contributed by atoms with Crippen molar-refractivity contribution in [2.24, 2.45) is 0 Å². The van der Waals surface area contributed by atoms with Gasteiger partial charge < -0.3 is 9.26 Å². The van der Waals surface area contributed by atoms with Gasteiger partial charge in [-0.05, 0) is 36.4 Å². The molecule has 0 N–H and O–H groups in total. The summed E-state index contributed by atoms with van der Waals surface area (Å²) in [6.45, 7) is 6.47. The first-order valence-electron chi connectivity index (χ1n) is 7.72. The third-order valence-electron chi connectivity index (χ3n) is 3.26. The van der Waals surface area contributed by atoms with Gasteiger partial charge in [-0.15, -0.1) is 5.10 Å². The fourth-order valence-electron chi connectivity index (χ4n) is 2.10. The predicted octanol–water partition coefficient (Wildman–Crippen LogP) is 2.86. The third-order valence-corrected chi connectivity index (χ3v) is 4.28. The lowest BCUT2D eigenvalue weighted by Crippen LogP contribution is -2.04. The number of thioether (sulfide) groups is 1. The first kappa shape index (κ1) is 16.4. The number of para-hydroxylation sites is 2. The Kier molecular flexibility index (Phi) is 5.09. The summed E-state index contributed by atoms with van der Waals surface area (Å²) in [4.78, 5) is 4.36. The van der Waals surface area contributed by atoms with Gasteiger partial charge in [0.2, 0.25) is 11.0 Å². The maximum Gasteiger partial charge on any atom is 0.239 e. The number of rotatable bonds is 7. The summed E-state index contributed by atoms with van der Waals surface area (Å²) in [5.41, 5.74) is 0.791. The topological polar surface area (TPSA) is 91.8 Å². The molecule has 0 fully saturated rings. The minimum Gasteiger partial charge on any atom is -0.492 e. The Morgan fingerprint density at radius 1 is 1.29 bits per heavy atom. The van der Waals surface area contributed by atoms with E-state index in [1.807, 2.05) is 45.0 Å². The number of nitrogens with zero attached hydrogens (tertiary/aromatic N) is 6. The van der Waals surface area contributed by atoms with Crippen molar-refractivity contribution in [3.05, 3.63) is 36.0 Å². The first-order valence-corrected chi connectivity index (χ1v) is 8.60. The van der Waals surface area contributed by atoms with Gasteiger partial charge in [-0.2, -0.15) is 9.67 Å². The van der Waals surface area contributed by atoms with Gasteiger partial charge in [0.25, 0.3) is 0 Å². The van der Waals surface area contributed by atoms with E-state index in [-0.39, 0.29) is 5.25 Å². The van der Waals surface area contributed by atoms with Crippen LogP contribution in [0.4, 0.5) is 0 Å². The van der Waals surface area contributed by atoms with Crippen LogP contribution in [0.3, 0.4) is 0 Å². The maximum absolute atomic E-state index is 5.66. The molecule has 2 aromatic heterocycles. The molecular weight excluding hydrogens is 328 g/mol. The van der Waals surface area contributed by atoms with Crippen LogP contribution in [0.15, 0.2) is 33.9 Å². The molecule has 0 bridgehead atoms. The highest BCUT2D eigenvalue weighted by molar-refractivity contribution is 7.99. The summed E-state index contributed by atoms with van der Waals surface area (Å²) in [6, 6.07) is 7.64. The number of aryl methyl sites for hydroxylation is 1. The van der Waals surface area contributed by atoms with Crippen LogP contribution in [-0.4, -0.2) is 37.0 Å². The van der Waals surface area contributed by atoms with Crippen LogP contribution in [0.1, 0.15) is 37.7 Å². The van der Waals surface area contributed by atoms with E-state index in [1.54, 1.807) is 4.68 Å². The van der Waals surface area contributed by atoms with Crippen molar-refractivity contribution in [1.29, 1.82) is 0 Å². The molecule has 0 radical (unpaired) electrons. The van der Waals surface area contributed by atoms with Crippen LogP contribution in [-0.2, 0) is 6.42 Å². The zero-order valence-electron chi connectivity index (χ0n) is 13.7. The molecule has 2 heterocycles. The fraction of sp³-hybridized carbons (Fsp3) is 0.400. The van der Waals surface area contributed by atoms with E-state index in [9.17, 15) is 0 Å². The largest absolute Gasteiger partial charge is 0.492 e. The highest BCUT2D eigenvalue weighted by Gasteiger charge is 2.20. The number of benzene rings is 1. The van der Waals surface area contributed by atoms with Crippen LogP contribution < -0.4 is 4.74 Å². The predicted molar refractivity (Wildman–Crippen MR) is 88.3 cm³/mol. The molecule has 1 aromatic carbocycles. The molecular formula is C15H18N6O2S. The maximum atomic E-state index is 5.66. The molecule has 3 aromatic rings. The second-order valence-corrected chi connectivity index (χ2v) is 6.24. The van der Waals surface area contributed by atoms with Crippen molar-refractivity contribution in [3.63, 3.8) is 0 Å². The van der Waals surface area contributed by atoms with Gasteiger partial charge in [0.1, 0.15) is 11.4 Å². The molecule has 0 saturated heterocycles. The lowest BCUT2D eigenvalue weighted by molar-refractivity contribution is 0.337. The lowest BCUT2D eigenvalue weighted by Gasteiger charge is -2.11. The van der Waals surface area contributed by atoms with Gasteiger partial charge in [0.15, 0.2) is 5.82 Å². The van der Waals surface area contributed by atoms with Crippen molar-refractivity contribution in [1.82, 2.24) is 30.3 Å². The molecule has 0 saturated carbocycles. The van der Waals surface area contributed by atoms with Crippen LogP contribution in [0.25, 0.3) is 5.69 Å². The van der Waals surface area contributed by atoms with Crippen LogP contribution in [0, 0.1) is 0 Å². The number of ether oxygens (including phenoxy) is 1. The number of aromatic nitrogens is 6. The highest BCUT2D eigenvalue weighted by Crippen LogP contribution is 2.34. The summed E-state index contributed by atoms with van der Waals surface area (Å²) in [5, 5.41) is 16.5. The Morgan fingerprint density at radius 2 is 2.12 bits per heavy atom.